The van der Waals surface area contributed by atoms with Crippen molar-refractivity contribution in [2.45, 2.75) is 44.6 Å². The van der Waals surface area contributed by atoms with Crippen molar-refractivity contribution < 1.29 is 18.7 Å². The van der Waals surface area contributed by atoms with Gasteiger partial charge in [-0.05, 0) is 112 Å². The number of likely N-dealkylation sites (tertiary alicyclic amines) is 1. The monoisotopic (exact) mass is 596 g/mol. The summed E-state index contributed by atoms with van der Waals surface area (Å²) >= 11 is 9.66. The van der Waals surface area contributed by atoms with Gasteiger partial charge in [0.25, 0.3) is 5.91 Å². The SMILES string of the molecule is Clc1cc(CCCN2CCCC2)ccc1OC1CC1.NC(=O)C(=O)c1ccc2oc3ccc(Br)cc3c2c1. The van der Waals surface area contributed by atoms with Crippen LogP contribution in [0.4, 0.5) is 0 Å². The molecule has 0 atom stereocenters. The van der Waals surface area contributed by atoms with Crippen LogP contribution in [0.5, 0.6) is 5.75 Å². The number of furan rings is 1. The Morgan fingerprint density at radius 2 is 1.71 bits per heavy atom. The Morgan fingerprint density at radius 3 is 2.39 bits per heavy atom. The number of primary amides is 1. The number of aryl methyl sites for hydroxylation is 1. The van der Waals surface area contributed by atoms with Crippen molar-refractivity contribution in [2.75, 3.05) is 19.6 Å². The normalized spacial score (nSPS) is 15.4. The lowest BCUT2D eigenvalue weighted by molar-refractivity contribution is -0.114. The number of rotatable bonds is 8. The van der Waals surface area contributed by atoms with Gasteiger partial charge in [-0.3, -0.25) is 9.59 Å². The molecule has 1 saturated carbocycles. The molecule has 0 unspecified atom stereocenters. The molecular weight excluding hydrogens is 568 g/mol. The minimum absolute atomic E-state index is 0.266. The van der Waals surface area contributed by atoms with Crippen LogP contribution < -0.4 is 10.5 Å². The molecule has 1 aliphatic carbocycles. The van der Waals surface area contributed by atoms with Gasteiger partial charge >= 0.3 is 0 Å². The van der Waals surface area contributed by atoms with Gasteiger partial charge < -0.3 is 19.8 Å². The van der Waals surface area contributed by atoms with Crippen LogP contribution in [0.2, 0.25) is 5.02 Å². The summed E-state index contributed by atoms with van der Waals surface area (Å²) < 4.78 is 12.3. The van der Waals surface area contributed by atoms with E-state index in [1.165, 1.54) is 63.4 Å². The van der Waals surface area contributed by atoms with Crippen molar-refractivity contribution in [1.82, 2.24) is 4.90 Å². The molecule has 0 spiro atoms. The fourth-order valence-corrected chi connectivity index (χ4v) is 5.32. The molecule has 2 heterocycles. The third-order valence-corrected chi connectivity index (χ3v) is 7.66. The molecule has 198 valence electrons. The molecule has 4 aromatic rings. The largest absolute Gasteiger partial charge is 0.489 e. The van der Waals surface area contributed by atoms with E-state index in [9.17, 15) is 9.59 Å². The van der Waals surface area contributed by atoms with Crippen LogP contribution in [0.25, 0.3) is 21.9 Å². The highest BCUT2D eigenvalue weighted by molar-refractivity contribution is 9.10. The van der Waals surface area contributed by atoms with Gasteiger partial charge in [0.15, 0.2) is 0 Å². The number of ether oxygens (including phenoxy) is 1. The van der Waals surface area contributed by atoms with Gasteiger partial charge in [-0.25, -0.2) is 0 Å². The number of nitrogens with zero attached hydrogens (tertiary/aromatic N) is 1. The first-order valence-electron chi connectivity index (χ1n) is 13.0. The number of Topliss-reactive ketones (excluding diaryl/α,β-unsaturated/α-hetero) is 1. The average Bonchev–Trinajstić information content (AvgIpc) is 3.43. The lowest BCUT2D eigenvalue weighted by Gasteiger charge is -2.14. The quantitative estimate of drug-likeness (QED) is 0.176. The summed E-state index contributed by atoms with van der Waals surface area (Å²) in [5, 5.41) is 2.43. The second-order valence-electron chi connectivity index (χ2n) is 9.88. The number of carbonyl (C=O) groups is 2. The van der Waals surface area contributed by atoms with E-state index in [4.69, 9.17) is 26.5 Å². The molecule has 0 bridgehead atoms. The maximum atomic E-state index is 11.6. The molecule has 2 aliphatic rings. The molecule has 1 saturated heterocycles. The van der Waals surface area contributed by atoms with E-state index in [2.05, 4.69) is 33.0 Å². The Morgan fingerprint density at radius 1 is 1.00 bits per heavy atom. The summed E-state index contributed by atoms with van der Waals surface area (Å²) in [5.41, 5.74) is 7.98. The standard InChI is InChI=1S/C16H22ClNO.C14H8BrNO3/c17-15-12-13(4-3-11-18-9-1-2-10-18)5-8-16(15)19-14-6-7-14;15-8-2-4-12-10(6-8)9-5-7(13(17)14(16)18)1-3-11(9)19-12/h5,8,12,14H,1-4,6-7,9-11H2;1-6H,(H2,16,18). The fraction of sp³-hybridized carbons (Fsp3) is 0.333. The van der Waals surface area contributed by atoms with Crippen molar-refractivity contribution in [2.24, 2.45) is 5.73 Å². The zero-order valence-electron chi connectivity index (χ0n) is 21.1. The van der Waals surface area contributed by atoms with Crippen LogP contribution in [-0.2, 0) is 11.2 Å². The maximum absolute atomic E-state index is 11.6. The van der Waals surface area contributed by atoms with Crippen molar-refractivity contribution >= 4 is 61.2 Å². The second kappa shape index (κ2) is 11.9. The number of hydrogen-bond donors (Lipinski definition) is 1. The Hall–Kier alpha value is -2.87. The first kappa shape index (κ1) is 26.7. The van der Waals surface area contributed by atoms with Crippen LogP contribution in [-0.4, -0.2) is 42.3 Å². The van der Waals surface area contributed by atoms with Crippen LogP contribution in [0, 0.1) is 0 Å². The predicted molar refractivity (Wildman–Crippen MR) is 154 cm³/mol. The van der Waals surface area contributed by atoms with Crippen LogP contribution in [0.3, 0.4) is 0 Å². The number of hydrogen-bond acceptors (Lipinski definition) is 5. The van der Waals surface area contributed by atoms with E-state index in [-0.39, 0.29) is 5.56 Å². The van der Waals surface area contributed by atoms with Crippen LogP contribution in [0.1, 0.15) is 48.0 Å². The van der Waals surface area contributed by atoms with E-state index in [0.717, 1.165) is 38.0 Å². The van der Waals surface area contributed by atoms with Gasteiger partial charge in [-0.2, -0.15) is 0 Å². The van der Waals surface area contributed by atoms with Gasteiger partial charge in [0, 0.05) is 20.8 Å². The predicted octanol–water partition coefficient (Wildman–Crippen LogP) is 6.93. The average molecular weight is 598 g/mol. The number of fused-ring (bicyclic) bond motifs is 3. The zero-order valence-corrected chi connectivity index (χ0v) is 23.4. The van der Waals surface area contributed by atoms with E-state index >= 15 is 0 Å². The van der Waals surface area contributed by atoms with E-state index in [0.29, 0.717) is 11.7 Å². The molecule has 2 N–H and O–H groups in total. The molecule has 3 aromatic carbocycles. The molecule has 6 rings (SSSR count). The Balaban J connectivity index is 0.000000155. The molecule has 1 aromatic heterocycles. The number of ketones is 1. The second-order valence-corrected chi connectivity index (χ2v) is 11.2. The number of amides is 1. The topological polar surface area (TPSA) is 85.8 Å². The molecular formula is C30H30BrClN2O4. The number of halogens is 2. The fourth-order valence-electron chi connectivity index (χ4n) is 4.71. The van der Waals surface area contributed by atoms with Crippen molar-refractivity contribution in [1.29, 1.82) is 0 Å². The summed E-state index contributed by atoms with van der Waals surface area (Å²) in [4.78, 5) is 25.1. The molecule has 1 aliphatic heterocycles. The summed E-state index contributed by atoms with van der Waals surface area (Å²) in [7, 11) is 0. The smallest absolute Gasteiger partial charge is 0.289 e. The van der Waals surface area contributed by atoms with Gasteiger partial charge in [-0.15, -0.1) is 0 Å². The minimum atomic E-state index is -0.965. The number of benzene rings is 3. The van der Waals surface area contributed by atoms with E-state index < -0.39 is 11.7 Å². The summed E-state index contributed by atoms with van der Waals surface area (Å²) in [6.07, 6.45) is 7.84. The van der Waals surface area contributed by atoms with Gasteiger partial charge in [-0.1, -0.05) is 33.6 Å². The van der Waals surface area contributed by atoms with Crippen LogP contribution in [0.15, 0.2) is 63.5 Å². The van der Waals surface area contributed by atoms with Gasteiger partial charge in [0.1, 0.15) is 16.9 Å². The molecule has 1 amide bonds. The molecule has 8 heteroatoms. The van der Waals surface area contributed by atoms with Gasteiger partial charge in [0.2, 0.25) is 5.78 Å². The van der Waals surface area contributed by atoms with Crippen molar-refractivity contribution in [3.8, 4) is 5.75 Å². The van der Waals surface area contributed by atoms with E-state index in [1.54, 1.807) is 12.1 Å². The molecule has 2 fully saturated rings. The summed E-state index contributed by atoms with van der Waals surface area (Å²) in [6, 6.07) is 16.7. The molecule has 0 radical (unpaired) electrons. The highest BCUT2D eigenvalue weighted by Gasteiger charge is 2.24. The van der Waals surface area contributed by atoms with Gasteiger partial charge in [0.05, 0.1) is 11.1 Å². The third kappa shape index (κ3) is 6.57. The molecule has 6 nitrogen and oxygen atoms in total. The van der Waals surface area contributed by atoms with Crippen LogP contribution >= 0.6 is 27.5 Å². The number of carbonyl (C=O) groups excluding carboxylic acids is 2. The first-order chi connectivity index (χ1) is 18.4. The summed E-state index contributed by atoms with van der Waals surface area (Å²) in [6.45, 7) is 3.79. The summed E-state index contributed by atoms with van der Waals surface area (Å²) in [5.74, 6) is -0.813. The van der Waals surface area contributed by atoms with Crippen molar-refractivity contribution in [3.05, 3.63) is 75.2 Å². The molecule has 38 heavy (non-hydrogen) atoms. The minimum Gasteiger partial charge on any atom is -0.489 e. The lowest BCUT2D eigenvalue weighted by atomic mass is 10.1. The highest BCUT2D eigenvalue weighted by atomic mass is 79.9. The Kier molecular flexibility index (Phi) is 8.36. The maximum Gasteiger partial charge on any atom is 0.289 e. The zero-order chi connectivity index (χ0) is 26.6. The Bertz CT molecular complexity index is 1470. The highest BCUT2D eigenvalue weighted by Crippen LogP contribution is 2.33. The van der Waals surface area contributed by atoms with Crippen molar-refractivity contribution in [3.63, 3.8) is 0 Å². The lowest BCUT2D eigenvalue weighted by Crippen LogP contribution is -2.22. The van der Waals surface area contributed by atoms with E-state index in [1.807, 2.05) is 24.3 Å². The number of nitrogens with two attached hydrogens (primary N) is 1. The third-order valence-electron chi connectivity index (χ3n) is 6.87. The Labute approximate surface area is 235 Å². The first-order valence-corrected chi connectivity index (χ1v) is 14.2.